The van der Waals surface area contributed by atoms with Gasteiger partial charge in [0.15, 0.2) is 5.75 Å². The highest BCUT2D eigenvalue weighted by Gasteiger charge is 2.32. The quantitative estimate of drug-likeness (QED) is 0.924. The van der Waals surface area contributed by atoms with Gasteiger partial charge in [-0.2, -0.15) is 5.26 Å². The Morgan fingerprint density at radius 2 is 2.17 bits per heavy atom. The van der Waals surface area contributed by atoms with Crippen LogP contribution in [0.5, 0.6) is 5.75 Å². The molecule has 1 N–H and O–H groups in total. The number of nitrogens with zero attached hydrogens (tertiary/aromatic N) is 1. The van der Waals surface area contributed by atoms with Crippen molar-refractivity contribution in [2.75, 3.05) is 5.32 Å². The number of ether oxygens (including phenoxy) is 1. The lowest BCUT2D eigenvalue weighted by molar-refractivity contribution is -0.274. The van der Waals surface area contributed by atoms with Gasteiger partial charge in [-0.1, -0.05) is 11.6 Å². The number of hydrogen-bond acceptors (Lipinski definition) is 3. The predicted molar refractivity (Wildman–Crippen MR) is 57.0 cm³/mol. The van der Waals surface area contributed by atoms with Crippen LogP contribution in [0, 0.1) is 11.3 Å². The van der Waals surface area contributed by atoms with Gasteiger partial charge in [-0.15, -0.1) is 13.2 Å². The highest BCUT2D eigenvalue weighted by Crippen LogP contribution is 2.32. The molecular formula is C10H6ClF3N2O2. The third-order valence-electron chi connectivity index (χ3n) is 1.68. The van der Waals surface area contributed by atoms with Crippen LogP contribution in [-0.4, -0.2) is 12.3 Å². The zero-order valence-electron chi connectivity index (χ0n) is 8.71. The standard InChI is InChI=1S/C10H6ClF3N2O2/c11-6-1-2-8(18-10(12,13)14)7(5-6)16-9(17)3-4-15/h1-2,5H,3H2,(H,16,17). The lowest BCUT2D eigenvalue weighted by Gasteiger charge is -2.13. The smallest absolute Gasteiger partial charge is 0.404 e. The molecule has 0 saturated carbocycles. The zero-order valence-corrected chi connectivity index (χ0v) is 9.47. The molecule has 0 heterocycles. The molecule has 1 amide bonds. The second-order valence-corrected chi connectivity index (χ2v) is 3.51. The van der Waals surface area contributed by atoms with E-state index in [1.165, 1.54) is 6.07 Å². The second kappa shape index (κ2) is 5.60. The van der Waals surface area contributed by atoms with Gasteiger partial charge in [0.25, 0.3) is 0 Å². The lowest BCUT2D eigenvalue weighted by atomic mass is 10.3. The molecule has 18 heavy (non-hydrogen) atoms. The van der Waals surface area contributed by atoms with Gasteiger partial charge >= 0.3 is 6.36 Å². The van der Waals surface area contributed by atoms with Crippen LogP contribution in [0.15, 0.2) is 18.2 Å². The van der Waals surface area contributed by atoms with Gasteiger partial charge in [-0.05, 0) is 18.2 Å². The van der Waals surface area contributed by atoms with Gasteiger partial charge in [-0.3, -0.25) is 4.79 Å². The van der Waals surface area contributed by atoms with E-state index in [0.717, 1.165) is 12.1 Å². The number of carbonyl (C=O) groups is 1. The summed E-state index contributed by atoms with van der Waals surface area (Å²) in [6, 6.07) is 4.81. The molecule has 1 aromatic rings. The molecule has 0 aliphatic carbocycles. The number of amides is 1. The average molecular weight is 279 g/mol. The molecule has 96 valence electrons. The van der Waals surface area contributed by atoms with Crippen molar-refractivity contribution in [2.24, 2.45) is 0 Å². The third kappa shape index (κ3) is 4.51. The maximum atomic E-state index is 12.1. The topological polar surface area (TPSA) is 62.1 Å². The summed E-state index contributed by atoms with van der Waals surface area (Å²) in [6.07, 6.45) is -5.37. The molecule has 0 aromatic heterocycles. The van der Waals surface area contributed by atoms with Crippen LogP contribution in [0.25, 0.3) is 0 Å². The van der Waals surface area contributed by atoms with Crippen LogP contribution >= 0.6 is 11.6 Å². The summed E-state index contributed by atoms with van der Waals surface area (Å²) in [4.78, 5) is 11.1. The highest BCUT2D eigenvalue weighted by atomic mass is 35.5. The number of carbonyl (C=O) groups excluding carboxylic acids is 1. The summed E-state index contributed by atoms with van der Waals surface area (Å²) >= 11 is 5.60. The molecule has 0 atom stereocenters. The van der Waals surface area contributed by atoms with Crippen LogP contribution < -0.4 is 10.1 Å². The lowest BCUT2D eigenvalue weighted by Crippen LogP contribution is -2.19. The first-order valence-electron chi connectivity index (χ1n) is 4.54. The first-order chi connectivity index (χ1) is 8.31. The van der Waals surface area contributed by atoms with Crippen LogP contribution in [0.4, 0.5) is 18.9 Å². The monoisotopic (exact) mass is 278 g/mol. The number of benzene rings is 1. The number of hydrogen-bond donors (Lipinski definition) is 1. The van der Waals surface area contributed by atoms with Gasteiger partial charge in [0.1, 0.15) is 6.42 Å². The van der Waals surface area contributed by atoms with E-state index in [0.29, 0.717) is 0 Å². The maximum Gasteiger partial charge on any atom is 0.573 e. The largest absolute Gasteiger partial charge is 0.573 e. The SMILES string of the molecule is N#CCC(=O)Nc1cc(Cl)ccc1OC(F)(F)F. The number of rotatable bonds is 3. The summed E-state index contributed by atoms with van der Waals surface area (Å²) < 4.78 is 40.0. The summed E-state index contributed by atoms with van der Waals surface area (Å²) in [7, 11) is 0. The van der Waals surface area contributed by atoms with Crippen molar-refractivity contribution in [2.45, 2.75) is 12.8 Å². The van der Waals surface area contributed by atoms with E-state index in [1.807, 2.05) is 0 Å². The van der Waals surface area contributed by atoms with E-state index in [1.54, 1.807) is 6.07 Å². The fourth-order valence-corrected chi connectivity index (χ4v) is 1.25. The minimum atomic E-state index is -4.89. The fraction of sp³-hybridized carbons (Fsp3) is 0.200. The molecule has 1 rings (SSSR count). The average Bonchev–Trinajstić information content (AvgIpc) is 2.20. The predicted octanol–water partition coefficient (Wildman–Crippen LogP) is 3.09. The van der Waals surface area contributed by atoms with Crippen molar-refractivity contribution in [3.63, 3.8) is 0 Å². The Labute approximate surface area is 105 Å². The molecule has 0 unspecified atom stereocenters. The Morgan fingerprint density at radius 1 is 1.50 bits per heavy atom. The van der Waals surface area contributed by atoms with E-state index < -0.39 is 24.4 Å². The first kappa shape index (κ1) is 14.1. The molecule has 0 radical (unpaired) electrons. The van der Waals surface area contributed by atoms with E-state index in [9.17, 15) is 18.0 Å². The van der Waals surface area contributed by atoms with Crippen molar-refractivity contribution >= 4 is 23.2 Å². The Kier molecular flexibility index (Phi) is 4.39. The Bertz CT molecular complexity index is 497. The fourth-order valence-electron chi connectivity index (χ4n) is 1.08. The first-order valence-corrected chi connectivity index (χ1v) is 4.92. The van der Waals surface area contributed by atoms with E-state index >= 15 is 0 Å². The molecule has 0 fully saturated rings. The number of nitrogens with one attached hydrogen (secondary N) is 1. The van der Waals surface area contributed by atoms with Crippen LogP contribution in [-0.2, 0) is 4.79 Å². The Hall–Kier alpha value is -1.94. The van der Waals surface area contributed by atoms with Gasteiger partial charge < -0.3 is 10.1 Å². The molecule has 0 aliphatic heterocycles. The van der Waals surface area contributed by atoms with Gasteiger partial charge in [0, 0.05) is 5.02 Å². The van der Waals surface area contributed by atoms with Crippen LogP contribution in [0.3, 0.4) is 0 Å². The van der Waals surface area contributed by atoms with E-state index in [-0.39, 0.29) is 10.7 Å². The van der Waals surface area contributed by atoms with Crippen molar-refractivity contribution in [1.82, 2.24) is 0 Å². The number of anilines is 1. The molecule has 4 nitrogen and oxygen atoms in total. The molecule has 0 bridgehead atoms. The van der Waals surface area contributed by atoms with E-state index in [4.69, 9.17) is 16.9 Å². The highest BCUT2D eigenvalue weighted by molar-refractivity contribution is 6.31. The van der Waals surface area contributed by atoms with Crippen molar-refractivity contribution in [1.29, 1.82) is 5.26 Å². The maximum absolute atomic E-state index is 12.1. The molecule has 8 heteroatoms. The summed E-state index contributed by atoms with van der Waals surface area (Å²) in [6.45, 7) is 0. The normalized spacial score (nSPS) is 10.6. The molecule has 0 spiro atoms. The number of nitriles is 1. The minimum Gasteiger partial charge on any atom is -0.404 e. The summed E-state index contributed by atoms with van der Waals surface area (Å²) in [5.41, 5.74) is -0.250. The minimum absolute atomic E-state index is 0.122. The van der Waals surface area contributed by atoms with Crippen LogP contribution in [0.1, 0.15) is 6.42 Å². The van der Waals surface area contributed by atoms with Crippen molar-refractivity contribution < 1.29 is 22.7 Å². The molecule has 0 aliphatic rings. The molecule has 1 aromatic carbocycles. The van der Waals surface area contributed by atoms with Crippen LogP contribution in [0.2, 0.25) is 5.02 Å². The molecular weight excluding hydrogens is 273 g/mol. The van der Waals surface area contributed by atoms with Gasteiger partial charge in [0.2, 0.25) is 5.91 Å². The number of halogens is 4. The number of alkyl halides is 3. The van der Waals surface area contributed by atoms with Gasteiger partial charge in [0.05, 0.1) is 11.8 Å². The molecule has 0 saturated heterocycles. The summed E-state index contributed by atoms with van der Waals surface area (Å²) in [5.74, 6) is -1.36. The van der Waals surface area contributed by atoms with Crippen molar-refractivity contribution in [3.05, 3.63) is 23.2 Å². The summed E-state index contributed by atoms with van der Waals surface area (Å²) in [5, 5.41) is 10.5. The van der Waals surface area contributed by atoms with E-state index in [2.05, 4.69) is 10.1 Å². The zero-order chi connectivity index (χ0) is 13.8. The second-order valence-electron chi connectivity index (χ2n) is 3.07. The van der Waals surface area contributed by atoms with Gasteiger partial charge in [-0.25, -0.2) is 0 Å². The Balaban J connectivity index is 2.97. The van der Waals surface area contributed by atoms with Crippen molar-refractivity contribution in [3.8, 4) is 11.8 Å². The Morgan fingerprint density at radius 3 is 2.72 bits per heavy atom. The third-order valence-corrected chi connectivity index (χ3v) is 1.92.